The number of amides is 1. The maximum absolute atomic E-state index is 12.3. The van der Waals surface area contributed by atoms with Crippen LogP contribution in [-0.4, -0.2) is 47.3 Å². The number of aliphatic hydroxyl groups excluding tert-OH is 2. The van der Waals surface area contributed by atoms with Crippen molar-refractivity contribution in [2.24, 2.45) is 5.92 Å². The molecule has 0 saturated carbocycles. The summed E-state index contributed by atoms with van der Waals surface area (Å²) in [6.45, 7) is 1.39. The van der Waals surface area contributed by atoms with E-state index in [1.807, 2.05) is 0 Å². The highest BCUT2D eigenvalue weighted by molar-refractivity contribution is 6.32. The third-order valence-corrected chi connectivity index (χ3v) is 3.82. The summed E-state index contributed by atoms with van der Waals surface area (Å²) in [5.41, 5.74) is 1.18. The van der Waals surface area contributed by atoms with E-state index in [-0.39, 0.29) is 25.0 Å². The van der Waals surface area contributed by atoms with E-state index in [4.69, 9.17) is 21.8 Å². The third-order valence-electron chi connectivity index (χ3n) is 3.51. The summed E-state index contributed by atoms with van der Waals surface area (Å²) in [5.74, 6) is 5.77. The van der Waals surface area contributed by atoms with Gasteiger partial charge < -0.3 is 15.1 Å². The van der Waals surface area contributed by atoms with Crippen LogP contribution in [0.25, 0.3) is 0 Å². The number of likely N-dealkylation sites (tertiary alicyclic amines) is 1. The molecule has 4 nitrogen and oxygen atoms in total. The van der Waals surface area contributed by atoms with Crippen LogP contribution in [0.2, 0.25) is 5.02 Å². The van der Waals surface area contributed by atoms with Crippen LogP contribution in [0.4, 0.5) is 0 Å². The van der Waals surface area contributed by atoms with Crippen LogP contribution in [0, 0.1) is 17.8 Å². The van der Waals surface area contributed by atoms with Gasteiger partial charge in [-0.3, -0.25) is 4.79 Å². The van der Waals surface area contributed by atoms with Crippen LogP contribution in [-0.2, 0) is 0 Å². The molecule has 1 heterocycles. The van der Waals surface area contributed by atoms with Gasteiger partial charge in [-0.1, -0.05) is 23.4 Å². The smallest absolute Gasteiger partial charge is 0.253 e. The Kier molecular flexibility index (Phi) is 5.63. The molecule has 21 heavy (non-hydrogen) atoms. The second-order valence-electron chi connectivity index (χ2n) is 5.06. The number of aliphatic hydroxyl groups is 2. The van der Waals surface area contributed by atoms with E-state index >= 15 is 0 Å². The molecule has 1 fully saturated rings. The molecule has 0 aliphatic carbocycles. The van der Waals surface area contributed by atoms with Gasteiger partial charge in [0.1, 0.15) is 0 Å². The Morgan fingerprint density at radius 2 is 2.24 bits per heavy atom. The molecule has 1 amide bonds. The average molecular weight is 308 g/mol. The fourth-order valence-corrected chi connectivity index (χ4v) is 2.54. The van der Waals surface area contributed by atoms with Gasteiger partial charge in [-0.2, -0.15) is 0 Å². The van der Waals surface area contributed by atoms with E-state index in [0.717, 1.165) is 6.42 Å². The predicted molar refractivity (Wildman–Crippen MR) is 81.1 cm³/mol. The summed E-state index contributed by atoms with van der Waals surface area (Å²) < 4.78 is 0. The van der Waals surface area contributed by atoms with Gasteiger partial charge in [0, 0.05) is 43.2 Å². The lowest BCUT2D eigenvalue weighted by Gasteiger charge is -2.16. The zero-order valence-corrected chi connectivity index (χ0v) is 12.4. The molecule has 1 aromatic carbocycles. The quantitative estimate of drug-likeness (QED) is 0.833. The van der Waals surface area contributed by atoms with Crippen molar-refractivity contribution in [1.82, 2.24) is 4.90 Å². The lowest BCUT2D eigenvalue weighted by molar-refractivity contribution is 0.0782. The predicted octanol–water partition coefficient (Wildman–Crippen LogP) is 1.53. The van der Waals surface area contributed by atoms with Gasteiger partial charge in [-0.15, -0.1) is 0 Å². The number of benzene rings is 1. The van der Waals surface area contributed by atoms with Crippen molar-refractivity contribution in [2.75, 3.05) is 26.3 Å². The van der Waals surface area contributed by atoms with Gasteiger partial charge in [0.2, 0.25) is 0 Å². The Balaban J connectivity index is 2.10. The van der Waals surface area contributed by atoms with Gasteiger partial charge in [-0.05, 0) is 24.6 Å². The van der Waals surface area contributed by atoms with Crippen molar-refractivity contribution in [3.8, 4) is 11.8 Å². The molecular weight excluding hydrogens is 290 g/mol. The van der Waals surface area contributed by atoms with Crippen molar-refractivity contribution in [3.63, 3.8) is 0 Å². The summed E-state index contributed by atoms with van der Waals surface area (Å²) in [6.07, 6.45) is 1.23. The Morgan fingerprint density at radius 3 is 2.86 bits per heavy atom. The lowest BCUT2D eigenvalue weighted by Crippen LogP contribution is -2.29. The molecule has 1 atom stereocenters. The molecule has 1 unspecified atom stereocenters. The standard InChI is InChI=1S/C16H18ClNO3/c17-15-9-14(5-4-13(15)3-1-2-8-19)16(21)18-7-6-12(10-18)11-20/h4-5,9,12,19-20H,2,6-8,10-11H2. The molecule has 1 saturated heterocycles. The van der Waals surface area contributed by atoms with Gasteiger partial charge in [0.05, 0.1) is 11.6 Å². The van der Waals surface area contributed by atoms with Gasteiger partial charge in [-0.25, -0.2) is 0 Å². The maximum atomic E-state index is 12.3. The molecular formula is C16H18ClNO3. The summed E-state index contributed by atoms with van der Waals surface area (Å²) >= 11 is 6.14. The molecule has 2 N–H and O–H groups in total. The zero-order valence-electron chi connectivity index (χ0n) is 11.7. The molecule has 5 heteroatoms. The Morgan fingerprint density at radius 1 is 1.43 bits per heavy atom. The fourth-order valence-electron chi connectivity index (χ4n) is 2.31. The number of hydrogen-bond donors (Lipinski definition) is 2. The molecule has 1 aliphatic heterocycles. The maximum Gasteiger partial charge on any atom is 0.253 e. The number of carbonyl (C=O) groups is 1. The minimum absolute atomic E-state index is 0.0160. The highest BCUT2D eigenvalue weighted by Crippen LogP contribution is 2.21. The van der Waals surface area contributed by atoms with Crippen LogP contribution in [0.5, 0.6) is 0 Å². The van der Waals surface area contributed by atoms with Crippen LogP contribution in [0.3, 0.4) is 0 Å². The summed E-state index contributed by atoms with van der Waals surface area (Å²) in [5, 5.41) is 18.3. The van der Waals surface area contributed by atoms with Gasteiger partial charge >= 0.3 is 0 Å². The fraction of sp³-hybridized carbons (Fsp3) is 0.438. The number of halogens is 1. The Labute approximate surface area is 129 Å². The monoisotopic (exact) mass is 307 g/mol. The zero-order chi connectivity index (χ0) is 15.2. The molecule has 0 aromatic heterocycles. The van der Waals surface area contributed by atoms with Crippen molar-refractivity contribution >= 4 is 17.5 Å². The molecule has 1 aromatic rings. The molecule has 2 rings (SSSR count). The highest BCUT2D eigenvalue weighted by atomic mass is 35.5. The SMILES string of the molecule is O=C(c1ccc(C#CCCO)c(Cl)c1)N1CCC(CO)C1. The van der Waals surface area contributed by atoms with Crippen LogP contribution >= 0.6 is 11.6 Å². The van der Waals surface area contributed by atoms with E-state index in [2.05, 4.69) is 11.8 Å². The van der Waals surface area contributed by atoms with E-state index in [1.165, 1.54) is 0 Å². The number of rotatable bonds is 3. The van der Waals surface area contributed by atoms with Crippen LogP contribution in [0.15, 0.2) is 18.2 Å². The summed E-state index contributed by atoms with van der Waals surface area (Å²) in [4.78, 5) is 14.1. The average Bonchev–Trinajstić information content (AvgIpc) is 2.97. The van der Waals surface area contributed by atoms with Crippen LogP contribution in [0.1, 0.15) is 28.8 Å². The Bertz CT molecular complexity index is 577. The van der Waals surface area contributed by atoms with Gasteiger partial charge in [0.15, 0.2) is 0 Å². The van der Waals surface area contributed by atoms with E-state index in [1.54, 1.807) is 23.1 Å². The highest BCUT2D eigenvalue weighted by Gasteiger charge is 2.26. The minimum Gasteiger partial charge on any atom is -0.396 e. The number of nitrogens with zero attached hydrogens (tertiary/aromatic N) is 1. The van der Waals surface area contributed by atoms with Crippen molar-refractivity contribution in [3.05, 3.63) is 34.3 Å². The minimum atomic E-state index is -0.0669. The van der Waals surface area contributed by atoms with E-state index in [0.29, 0.717) is 35.7 Å². The first kappa shape index (κ1) is 15.8. The molecule has 112 valence electrons. The molecule has 0 bridgehead atoms. The number of hydrogen-bond acceptors (Lipinski definition) is 3. The van der Waals surface area contributed by atoms with Gasteiger partial charge in [0.25, 0.3) is 5.91 Å². The molecule has 0 radical (unpaired) electrons. The first-order valence-corrected chi connectivity index (χ1v) is 7.33. The third kappa shape index (κ3) is 3.98. The van der Waals surface area contributed by atoms with Crippen molar-refractivity contribution < 1.29 is 15.0 Å². The summed E-state index contributed by atoms with van der Waals surface area (Å²) in [6, 6.07) is 5.06. The van der Waals surface area contributed by atoms with E-state index < -0.39 is 0 Å². The first-order valence-electron chi connectivity index (χ1n) is 6.95. The molecule has 0 spiro atoms. The van der Waals surface area contributed by atoms with Crippen molar-refractivity contribution in [1.29, 1.82) is 0 Å². The second-order valence-corrected chi connectivity index (χ2v) is 5.47. The lowest BCUT2D eigenvalue weighted by atomic mass is 10.1. The summed E-state index contributed by atoms with van der Waals surface area (Å²) in [7, 11) is 0. The van der Waals surface area contributed by atoms with Crippen molar-refractivity contribution in [2.45, 2.75) is 12.8 Å². The van der Waals surface area contributed by atoms with E-state index in [9.17, 15) is 4.79 Å². The Hall–Kier alpha value is -1.54. The number of carbonyl (C=O) groups excluding carboxylic acids is 1. The normalized spacial score (nSPS) is 17.5. The van der Waals surface area contributed by atoms with Crippen LogP contribution < -0.4 is 0 Å². The largest absolute Gasteiger partial charge is 0.396 e. The second kappa shape index (κ2) is 7.46. The first-order chi connectivity index (χ1) is 10.2. The molecule has 1 aliphatic rings. The topological polar surface area (TPSA) is 60.8 Å².